The summed E-state index contributed by atoms with van der Waals surface area (Å²) in [7, 11) is 0. The highest BCUT2D eigenvalue weighted by atomic mass is 15.0. The van der Waals surface area contributed by atoms with E-state index in [2.05, 4.69) is 219 Å². The summed E-state index contributed by atoms with van der Waals surface area (Å²) in [6.07, 6.45) is 0. The lowest BCUT2D eigenvalue weighted by Crippen LogP contribution is -2.14. The van der Waals surface area contributed by atoms with Crippen molar-refractivity contribution in [2.75, 3.05) is 0 Å². The summed E-state index contributed by atoms with van der Waals surface area (Å²) in [5, 5.41) is 2.44. The van der Waals surface area contributed by atoms with E-state index in [1.807, 2.05) is 0 Å². The molecule has 11 rings (SSSR count). The third-order valence-electron chi connectivity index (χ3n) is 12.0. The van der Waals surface area contributed by atoms with Crippen LogP contribution in [-0.4, -0.2) is 14.5 Å². The molecule has 0 radical (unpaired) electrons. The fourth-order valence-electron chi connectivity index (χ4n) is 9.15. The van der Waals surface area contributed by atoms with E-state index >= 15 is 0 Å². The van der Waals surface area contributed by atoms with Crippen molar-refractivity contribution in [3.05, 3.63) is 211 Å². The van der Waals surface area contributed by atoms with Gasteiger partial charge in [-0.2, -0.15) is 0 Å². The van der Waals surface area contributed by atoms with E-state index in [0.717, 1.165) is 39.3 Å². The Morgan fingerprint density at radius 2 is 0.983 bits per heavy atom. The molecule has 3 heteroatoms. The summed E-state index contributed by atoms with van der Waals surface area (Å²) in [5.41, 5.74) is 18.3. The first-order chi connectivity index (χ1) is 28.5. The fourth-order valence-corrected chi connectivity index (χ4v) is 9.15. The molecule has 274 valence electrons. The van der Waals surface area contributed by atoms with Gasteiger partial charge in [0.1, 0.15) is 0 Å². The molecule has 0 saturated heterocycles. The fraction of sp³-hybridized carbons (Fsp3) is 0.0545. The molecule has 0 aliphatic heterocycles. The summed E-state index contributed by atoms with van der Waals surface area (Å²) in [6.45, 7) is 4.65. The molecule has 0 unspecified atom stereocenters. The number of benzene rings is 8. The summed E-state index contributed by atoms with van der Waals surface area (Å²) >= 11 is 0. The summed E-state index contributed by atoms with van der Waals surface area (Å²) < 4.78 is 2.39. The van der Waals surface area contributed by atoms with E-state index in [1.165, 1.54) is 60.8 Å². The molecule has 1 aliphatic rings. The number of hydrogen-bond acceptors (Lipinski definition) is 2. The zero-order valence-electron chi connectivity index (χ0n) is 32.4. The molecule has 1 aliphatic carbocycles. The van der Waals surface area contributed by atoms with Gasteiger partial charge in [0.15, 0.2) is 5.82 Å². The Hall–Kier alpha value is -7.36. The predicted octanol–water partition coefficient (Wildman–Crippen LogP) is 14.2. The molecule has 0 bridgehead atoms. The van der Waals surface area contributed by atoms with Crippen LogP contribution in [0.2, 0.25) is 0 Å². The minimum Gasteiger partial charge on any atom is -0.309 e. The second-order valence-corrected chi connectivity index (χ2v) is 15.8. The van der Waals surface area contributed by atoms with E-state index in [9.17, 15) is 0 Å². The third kappa shape index (κ3) is 5.50. The lowest BCUT2D eigenvalue weighted by Gasteiger charge is -2.22. The van der Waals surface area contributed by atoms with Crippen molar-refractivity contribution in [2.45, 2.75) is 19.3 Å². The quantitative estimate of drug-likeness (QED) is 0.170. The van der Waals surface area contributed by atoms with Gasteiger partial charge in [-0.3, -0.25) is 0 Å². The van der Waals surface area contributed by atoms with Crippen LogP contribution in [0.25, 0.3) is 94.8 Å². The number of para-hydroxylation sites is 1. The molecule has 8 aromatic carbocycles. The lowest BCUT2D eigenvalue weighted by atomic mass is 9.82. The van der Waals surface area contributed by atoms with E-state index in [-0.39, 0.29) is 5.41 Å². The molecule has 0 fully saturated rings. The largest absolute Gasteiger partial charge is 0.309 e. The zero-order chi connectivity index (χ0) is 38.8. The smallest absolute Gasteiger partial charge is 0.160 e. The molecule has 3 nitrogen and oxygen atoms in total. The van der Waals surface area contributed by atoms with Gasteiger partial charge >= 0.3 is 0 Å². The minimum atomic E-state index is -0.110. The normalized spacial score (nSPS) is 12.8. The van der Waals surface area contributed by atoms with Crippen LogP contribution in [0.5, 0.6) is 0 Å². The van der Waals surface area contributed by atoms with Crippen LogP contribution in [0.3, 0.4) is 0 Å². The maximum Gasteiger partial charge on any atom is 0.160 e. The molecule has 0 saturated carbocycles. The number of hydrogen-bond donors (Lipinski definition) is 0. The van der Waals surface area contributed by atoms with Crippen LogP contribution in [-0.2, 0) is 5.41 Å². The van der Waals surface area contributed by atoms with Crippen molar-refractivity contribution in [1.29, 1.82) is 0 Å². The van der Waals surface area contributed by atoms with Gasteiger partial charge in [0.25, 0.3) is 0 Å². The Balaban J connectivity index is 1.09. The topological polar surface area (TPSA) is 30.7 Å². The Bertz CT molecular complexity index is 3180. The van der Waals surface area contributed by atoms with E-state index in [0.29, 0.717) is 5.82 Å². The highest BCUT2D eigenvalue weighted by molar-refractivity contribution is 6.16. The molecule has 0 N–H and O–H groups in total. The van der Waals surface area contributed by atoms with Crippen LogP contribution in [0.15, 0.2) is 200 Å². The molecule has 0 amide bonds. The number of aromatic nitrogens is 3. The Kier molecular flexibility index (Phi) is 7.84. The molecule has 58 heavy (non-hydrogen) atoms. The third-order valence-corrected chi connectivity index (χ3v) is 12.0. The predicted molar refractivity (Wildman–Crippen MR) is 241 cm³/mol. The number of fused-ring (bicyclic) bond motifs is 6. The van der Waals surface area contributed by atoms with Gasteiger partial charge in [0, 0.05) is 38.6 Å². The highest BCUT2D eigenvalue weighted by Gasteiger charge is 2.35. The van der Waals surface area contributed by atoms with Gasteiger partial charge in [0.05, 0.1) is 22.4 Å². The summed E-state index contributed by atoms with van der Waals surface area (Å²) in [4.78, 5) is 10.6. The Morgan fingerprint density at radius 3 is 1.78 bits per heavy atom. The van der Waals surface area contributed by atoms with Crippen LogP contribution < -0.4 is 0 Å². The van der Waals surface area contributed by atoms with E-state index in [1.54, 1.807) is 0 Å². The van der Waals surface area contributed by atoms with Crippen molar-refractivity contribution in [3.63, 3.8) is 0 Å². The monoisotopic (exact) mass is 741 g/mol. The SMILES string of the molecule is CC1(C)c2ccccc2-c2ccc(-c3cc(-c4ccccc4)nc(-c4cccc(-c5cccc6c5c5cc(-c7ccccc7)ccc5n6-c5ccccc5)c4)n3)cc21. The molecular weight excluding hydrogens is 703 g/mol. The van der Waals surface area contributed by atoms with Gasteiger partial charge in [-0.25, -0.2) is 9.97 Å². The highest BCUT2D eigenvalue weighted by Crippen LogP contribution is 2.49. The van der Waals surface area contributed by atoms with Crippen molar-refractivity contribution in [2.24, 2.45) is 0 Å². The first-order valence-corrected chi connectivity index (χ1v) is 20.0. The van der Waals surface area contributed by atoms with E-state index in [4.69, 9.17) is 9.97 Å². The van der Waals surface area contributed by atoms with Crippen LogP contribution in [0, 0.1) is 0 Å². The summed E-state index contributed by atoms with van der Waals surface area (Å²) in [5.74, 6) is 0.700. The molecule has 10 aromatic rings. The van der Waals surface area contributed by atoms with Crippen LogP contribution >= 0.6 is 0 Å². The maximum atomic E-state index is 5.34. The number of rotatable bonds is 6. The van der Waals surface area contributed by atoms with Gasteiger partial charge in [-0.1, -0.05) is 166 Å². The molecule has 0 spiro atoms. The first kappa shape index (κ1) is 33.9. The Morgan fingerprint density at radius 1 is 0.379 bits per heavy atom. The van der Waals surface area contributed by atoms with Crippen LogP contribution in [0.1, 0.15) is 25.0 Å². The number of nitrogens with zero attached hydrogens (tertiary/aromatic N) is 3. The zero-order valence-corrected chi connectivity index (χ0v) is 32.4. The standard InChI is InChI=1S/C55H39N3/c1-55(2)47-26-13-12-24-44(47)45-30-28-40(34-48(45)55)50-35-49(37-18-8-4-9-19-37)56-54(57-50)41-21-14-20-39(32-41)43-25-15-27-52-53(43)46-33-38(36-16-6-3-7-17-36)29-31-51(46)58(52)42-22-10-5-11-23-42/h3-35H,1-2H3. The second kappa shape index (κ2) is 13.4. The lowest BCUT2D eigenvalue weighted by molar-refractivity contribution is 0.660. The Labute approximate surface area is 338 Å². The molecule has 2 aromatic heterocycles. The average Bonchev–Trinajstić information content (AvgIpc) is 3.75. The maximum absolute atomic E-state index is 5.34. The second-order valence-electron chi connectivity index (χ2n) is 15.8. The van der Waals surface area contributed by atoms with Crippen molar-refractivity contribution >= 4 is 21.8 Å². The van der Waals surface area contributed by atoms with Gasteiger partial charge < -0.3 is 4.57 Å². The molecule has 2 heterocycles. The molecular formula is C55H39N3. The van der Waals surface area contributed by atoms with Crippen molar-refractivity contribution in [3.8, 4) is 73.0 Å². The average molecular weight is 742 g/mol. The van der Waals surface area contributed by atoms with Gasteiger partial charge in [0.2, 0.25) is 0 Å². The van der Waals surface area contributed by atoms with Gasteiger partial charge in [-0.15, -0.1) is 0 Å². The molecule has 0 atom stereocenters. The minimum absolute atomic E-state index is 0.110. The van der Waals surface area contributed by atoms with Crippen molar-refractivity contribution < 1.29 is 0 Å². The van der Waals surface area contributed by atoms with Gasteiger partial charge in [-0.05, 0) is 93.0 Å². The van der Waals surface area contributed by atoms with Crippen molar-refractivity contribution in [1.82, 2.24) is 14.5 Å². The van der Waals surface area contributed by atoms with Crippen LogP contribution in [0.4, 0.5) is 0 Å². The van der Waals surface area contributed by atoms with E-state index < -0.39 is 0 Å². The first-order valence-electron chi connectivity index (χ1n) is 20.0. The summed E-state index contributed by atoms with van der Waals surface area (Å²) in [6, 6.07) is 71.8.